The van der Waals surface area contributed by atoms with E-state index < -0.39 is 12.0 Å². The maximum absolute atomic E-state index is 12.1. The highest BCUT2D eigenvalue weighted by atomic mass is 35.5. The van der Waals surface area contributed by atoms with Crippen LogP contribution in [0.3, 0.4) is 0 Å². The maximum atomic E-state index is 12.1. The van der Waals surface area contributed by atoms with Gasteiger partial charge in [0, 0.05) is 6.20 Å². The third kappa shape index (κ3) is 1.48. The lowest BCUT2D eigenvalue weighted by atomic mass is 10.2. The van der Waals surface area contributed by atoms with Gasteiger partial charge in [-0.1, -0.05) is 11.6 Å². The molecule has 0 saturated carbocycles. The van der Waals surface area contributed by atoms with Gasteiger partial charge in [0.05, 0.1) is 16.3 Å². The molecule has 0 aromatic carbocycles. The molecule has 0 amide bonds. The van der Waals surface area contributed by atoms with E-state index in [2.05, 4.69) is 4.98 Å². The molecule has 1 aromatic rings. The van der Waals surface area contributed by atoms with Crippen LogP contribution in [-0.4, -0.2) is 10.1 Å². The van der Waals surface area contributed by atoms with Gasteiger partial charge in [-0.25, -0.2) is 8.78 Å². The van der Waals surface area contributed by atoms with Crippen LogP contribution in [0, 0.1) is 6.92 Å². The first-order valence-electron chi connectivity index (χ1n) is 3.16. The summed E-state index contributed by atoms with van der Waals surface area (Å²) in [6.45, 7) is 1.48. The van der Waals surface area contributed by atoms with Gasteiger partial charge in [-0.2, -0.15) is 0 Å². The summed E-state index contributed by atoms with van der Waals surface area (Å²) in [4.78, 5) is 3.55. The summed E-state index contributed by atoms with van der Waals surface area (Å²) < 4.78 is 24.2. The van der Waals surface area contributed by atoms with Crippen molar-refractivity contribution in [3.63, 3.8) is 0 Å². The monoisotopic (exact) mass is 193 g/mol. The van der Waals surface area contributed by atoms with Gasteiger partial charge in [0.1, 0.15) is 0 Å². The number of aromatic nitrogens is 1. The predicted octanol–water partition coefficient (Wildman–Crippen LogP) is 2.69. The third-order valence-electron chi connectivity index (χ3n) is 1.44. The van der Waals surface area contributed by atoms with Crippen LogP contribution in [0.2, 0.25) is 5.02 Å². The van der Waals surface area contributed by atoms with E-state index in [1.54, 1.807) is 0 Å². The van der Waals surface area contributed by atoms with Crippen LogP contribution in [0.4, 0.5) is 8.78 Å². The SMILES string of the molecule is Cc1ncc(C(F)F)c(Cl)c1O. The van der Waals surface area contributed by atoms with Crippen molar-refractivity contribution in [2.45, 2.75) is 13.3 Å². The van der Waals surface area contributed by atoms with Crippen LogP contribution in [-0.2, 0) is 0 Å². The predicted molar refractivity (Wildman–Crippen MR) is 40.6 cm³/mol. The molecule has 12 heavy (non-hydrogen) atoms. The van der Waals surface area contributed by atoms with Crippen LogP contribution in [0.25, 0.3) is 0 Å². The first-order valence-corrected chi connectivity index (χ1v) is 3.54. The van der Waals surface area contributed by atoms with Gasteiger partial charge in [0.2, 0.25) is 0 Å². The van der Waals surface area contributed by atoms with Crippen LogP contribution in [0.15, 0.2) is 6.20 Å². The van der Waals surface area contributed by atoms with E-state index in [1.165, 1.54) is 6.92 Å². The number of halogens is 3. The van der Waals surface area contributed by atoms with E-state index in [1.807, 2.05) is 0 Å². The molecular formula is C7H6ClF2NO. The number of alkyl halides is 2. The highest BCUT2D eigenvalue weighted by Crippen LogP contribution is 2.34. The standard InChI is InChI=1S/C7H6ClF2NO/c1-3-6(12)5(8)4(2-11-3)7(9)10/h2,7,12H,1H3. The Morgan fingerprint density at radius 3 is 2.67 bits per heavy atom. The zero-order valence-electron chi connectivity index (χ0n) is 6.18. The van der Waals surface area contributed by atoms with Gasteiger partial charge < -0.3 is 5.11 Å². The van der Waals surface area contributed by atoms with Crippen molar-refractivity contribution in [1.82, 2.24) is 4.98 Å². The lowest BCUT2D eigenvalue weighted by Crippen LogP contribution is -1.91. The number of hydrogen-bond acceptors (Lipinski definition) is 2. The Hall–Kier alpha value is -0.900. The average molecular weight is 194 g/mol. The van der Waals surface area contributed by atoms with Crippen molar-refractivity contribution in [2.75, 3.05) is 0 Å². The minimum Gasteiger partial charge on any atom is -0.505 e. The first-order chi connectivity index (χ1) is 5.54. The van der Waals surface area contributed by atoms with Gasteiger partial charge in [-0.05, 0) is 6.92 Å². The fourth-order valence-electron chi connectivity index (χ4n) is 0.732. The van der Waals surface area contributed by atoms with E-state index in [0.717, 1.165) is 6.20 Å². The molecule has 0 aliphatic heterocycles. The van der Waals surface area contributed by atoms with Crippen molar-refractivity contribution >= 4 is 11.6 Å². The quantitative estimate of drug-likeness (QED) is 0.744. The van der Waals surface area contributed by atoms with E-state index in [9.17, 15) is 8.78 Å². The average Bonchev–Trinajstić information content (AvgIpc) is 2.00. The van der Waals surface area contributed by atoms with Crippen LogP contribution in [0.1, 0.15) is 17.7 Å². The molecule has 0 radical (unpaired) electrons. The minimum atomic E-state index is -2.71. The molecule has 1 heterocycles. The Balaban J connectivity index is 3.27. The first kappa shape index (κ1) is 9.19. The van der Waals surface area contributed by atoms with Crippen LogP contribution in [0.5, 0.6) is 5.75 Å². The summed E-state index contributed by atoms with van der Waals surface area (Å²) in [5.41, 5.74) is -0.204. The lowest BCUT2D eigenvalue weighted by molar-refractivity contribution is 0.150. The van der Waals surface area contributed by atoms with E-state index in [4.69, 9.17) is 16.7 Å². The molecule has 1 aromatic heterocycles. The summed E-state index contributed by atoms with van der Waals surface area (Å²) in [6.07, 6.45) is -1.75. The topological polar surface area (TPSA) is 33.1 Å². The second-order valence-electron chi connectivity index (χ2n) is 2.26. The fourth-order valence-corrected chi connectivity index (χ4v) is 1.000. The zero-order valence-corrected chi connectivity index (χ0v) is 6.94. The van der Waals surface area contributed by atoms with Crippen molar-refractivity contribution in [2.24, 2.45) is 0 Å². The van der Waals surface area contributed by atoms with E-state index >= 15 is 0 Å². The molecule has 0 fully saturated rings. The number of aryl methyl sites for hydroxylation is 1. The smallest absolute Gasteiger partial charge is 0.266 e. The lowest BCUT2D eigenvalue weighted by Gasteiger charge is -2.05. The number of aromatic hydroxyl groups is 1. The number of rotatable bonds is 1. The molecule has 1 N–H and O–H groups in total. The zero-order chi connectivity index (χ0) is 9.30. The molecule has 2 nitrogen and oxygen atoms in total. The van der Waals surface area contributed by atoms with Crippen molar-refractivity contribution in [1.29, 1.82) is 0 Å². The van der Waals surface area contributed by atoms with Gasteiger partial charge in [0.15, 0.2) is 5.75 Å². The molecule has 0 bridgehead atoms. The van der Waals surface area contributed by atoms with Gasteiger partial charge in [0.25, 0.3) is 6.43 Å². The number of nitrogens with zero attached hydrogens (tertiary/aromatic N) is 1. The number of hydrogen-bond donors (Lipinski definition) is 1. The van der Waals surface area contributed by atoms with Gasteiger partial charge in [-0.15, -0.1) is 0 Å². The molecule has 0 aliphatic carbocycles. The molecule has 0 saturated heterocycles. The third-order valence-corrected chi connectivity index (χ3v) is 1.83. The summed E-state index contributed by atoms with van der Waals surface area (Å²) in [5.74, 6) is -0.380. The Morgan fingerprint density at radius 1 is 1.58 bits per heavy atom. The summed E-state index contributed by atoms with van der Waals surface area (Å²) in [7, 11) is 0. The Morgan fingerprint density at radius 2 is 2.17 bits per heavy atom. The van der Waals surface area contributed by atoms with Gasteiger partial charge >= 0.3 is 0 Å². The molecule has 5 heteroatoms. The second kappa shape index (κ2) is 3.23. The molecule has 0 spiro atoms. The largest absolute Gasteiger partial charge is 0.505 e. The summed E-state index contributed by atoms with van der Waals surface area (Å²) >= 11 is 5.42. The Bertz CT molecular complexity index is 304. The number of pyridine rings is 1. The summed E-state index contributed by atoms with van der Waals surface area (Å²) in [6, 6.07) is 0. The van der Waals surface area contributed by atoms with E-state index in [0.29, 0.717) is 0 Å². The Kier molecular flexibility index (Phi) is 2.47. The highest BCUT2D eigenvalue weighted by molar-refractivity contribution is 6.32. The maximum Gasteiger partial charge on any atom is 0.266 e. The Labute approximate surface area is 72.8 Å². The molecule has 1 rings (SSSR count). The van der Waals surface area contributed by atoms with Crippen molar-refractivity contribution in [3.8, 4) is 5.75 Å². The van der Waals surface area contributed by atoms with E-state index in [-0.39, 0.29) is 16.5 Å². The second-order valence-corrected chi connectivity index (χ2v) is 2.64. The van der Waals surface area contributed by atoms with Crippen molar-refractivity contribution < 1.29 is 13.9 Å². The van der Waals surface area contributed by atoms with Crippen LogP contribution >= 0.6 is 11.6 Å². The minimum absolute atomic E-state index is 0.240. The fraction of sp³-hybridized carbons (Fsp3) is 0.286. The highest BCUT2D eigenvalue weighted by Gasteiger charge is 2.16. The van der Waals surface area contributed by atoms with Crippen molar-refractivity contribution in [3.05, 3.63) is 22.5 Å². The molecule has 0 unspecified atom stereocenters. The molecule has 0 aliphatic rings. The van der Waals surface area contributed by atoms with Crippen LogP contribution < -0.4 is 0 Å². The molecular weight excluding hydrogens is 188 g/mol. The molecule has 0 atom stereocenters. The molecule has 66 valence electrons. The summed E-state index contributed by atoms with van der Waals surface area (Å²) in [5, 5.41) is 8.79. The normalized spacial score (nSPS) is 10.8. The van der Waals surface area contributed by atoms with Gasteiger partial charge in [-0.3, -0.25) is 4.98 Å².